The van der Waals surface area contributed by atoms with Gasteiger partial charge in [-0.1, -0.05) is 18.6 Å². The van der Waals surface area contributed by atoms with Gasteiger partial charge in [0.2, 0.25) is 5.91 Å². The van der Waals surface area contributed by atoms with Crippen molar-refractivity contribution in [3.63, 3.8) is 0 Å². The van der Waals surface area contributed by atoms with Gasteiger partial charge in [-0.2, -0.15) is 0 Å². The van der Waals surface area contributed by atoms with Gasteiger partial charge >= 0.3 is 6.03 Å². The van der Waals surface area contributed by atoms with E-state index in [2.05, 4.69) is 10.2 Å². The molecule has 1 aromatic rings. The Morgan fingerprint density at radius 2 is 1.88 bits per heavy atom. The summed E-state index contributed by atoms with van der Waals surface area (Å²) in [6.45, 7) is 3.23. The van der Waals surface area contributed by atoms with Crippen LogP contribution in [0.2, 0.25) is 0 Å². The van der Waals surface area contributed by atoms with Gasteiger partial charge in [0.1, 0.15) is 11.8 Å². The third kappa shape index (κ3) is 4.90. The van der Waals surface area contributed by atoms with Gasteiger partial charge in [0.25, 0.3) is 5.91 Å². The minimum atomic E-state index is -0.798. The van der Waals surface area contributed by atoms with Crippen LogP contribution in [-0.4, -0.2) is 78.4 Å². The monoisotopic (exact) mass is 442 g/mol. The zero-order valence-electron chi connectivity index (χ0n) is 19.1. The first-order valence-corrected chi connectivity index (χ1v) is 11.7. The molecule has 4 rings (SSSR count). The van der Waals surface area contributed by atoms with Crippen LogP contribution in [0.5, 0.6) is 5.75 Å². The van der Waals surface area contributed by atoms with Gasteiger partial charge in [-0.15, -0.1) is 0 Å². The lowest BCUT2D eigenvalue weighted by molar-refractivity contribution is -0.135. The number of rotatable bonds is 7. The number of piperidine rings is 2. The Balaban J connectivity index is 1.31. The molecule has 3 fully saturated rings. The molecule has 8 heteroatoms. The van der Waals surface area contributed by atoms with E-state index in [-0.39, 0.29) is 24.8 Å². The maximum absolute atomic E-state index is 12.9. The van der Waals surface area contributed by atoms with E-state index in [9.17, 15) is 14.4 Å². The number of carbonyl (C=O) groups excluding carboxylic acids is 3. The van der Waals surface area contributed by atoms with Crippen molar-refractivity contribution < 1.29 is 19.1 Å². The maximum Gasteiger partial charge on any atom is 0.325 e. The lowest BCUT2D eigenvalue weighted by Crippen LogP contribution is -2.51. The highest BCUT2D eigenvalue weighted by Gasteiger charge is 2.40. The van der Waals surface area contributed by atoms with Crippen LogP contribution in [0.3, 0.4) is 0 Å². The number of nitrogens with one attached hydrogen (secondary N) is 1. The predicted octanol–water partition coefficient (Wildman–Crippen LogP) is 2.23. The zero-order valence-corrected chi connectivity index (χ0v) is 19.1. The van der Waals surface area contributed by atoms with Gasteiger partial charge < -0.3 is 19.9 Å². The summed E-state index contributed by atoms with van der Waals surface area (Å²) >= 11 is 0. The van der Waals surface area contributed by atoms with E-state index in [0.717, 1.165) is 12.0 Å². The van der Waals surface area contributed by atoms with Crippen LogP contribution >= 0.6 is 0 Å². The predicted molar refractivity (Wildman–Crippen MR) is 120 cm³/mol. The van der Waals surface area contributed by atoms with E-state index in [4.69, 9.17) is 4.74 Å². The molecule has 32 heavy (non-hydrogen) atoms. The molecule has 0 radical (unpaired) electrons. The highest BCUT2D eigenvalue weighted by Crippen LogP contribution is 2.31. The molecule has 3 atom stereocenters. The van der Waals surface area contributed by atoms with Gasteiger partial charge in [-0.05, 0) is 62.4 Å². The third-order valence-corrected chi connectivity index (χ3v) is 7.15. The Labute approximate surface area is 189 Å². The summed E-state index contributed by atoms with van der Waals surface area (Å²) in [5.74, 6) is 0.761. The fourth-order valence-corrected chi connectivity index (χ4v) is 5.35. The van der Waals surface area contributed by atoms with Crippen LogP contribution in [0.25, 0.3) is 0 Å². The molecule has 0 bridgehead atoms. The maximum atomic E-state index is 12.9. The molecule has 0 saturated carbocycles. The molecule has 3 aliphatic rings. The molecular weight excluding hydrogens is 408 g/mol. The Bertz CT molecular complexity index is 841. The second-order valence-electron chi connectivity index (χ2n) is 9.25. The number of carbonyl (C=O) groups is 3. The normalized spacial score (nSPS) is 25.9. The molecule has 1 aromatic carbocycles. The fraction of sp³-hybridized carbons (Fsp3) is 0.625. The fourth-order valence-electron chi connectivity index (χ4n) is 5.35. The van der Waals surface area contributed by atoms with Gasteiger partial charge in [0.05, 0.1) is 20.1 Å². The first-order valence-electron chi connectivity index (χ1n) is 11.7. The largest absolute Gasteiger partial charge is 0.497 e. The lowest BCUT2D eigenvalue weighted by atomic mass is 9.83. The summed E-state index contributed by atoms with van der Waals surface area (Å²) in [6, 6.07) is 6.56. The third-order valence-electron chi connectivity index (χ3n) is 7.15. The van der Waals surface area contributed by atoms with E-state index in [0.29, 0.717) is 24.3 Å². The molecule has 3 aliphatic heterocycles. The first-order chi connectivity index (χ1) is 15.5. The van der Waals surface area contributed by atoms with Crippen molar-refractivity contribution in [2.75, 3.05) is 33.8 Å². The second kappa shape index (κ2) is 9.90. The molecule has 174 valence electrons. The summed E-state index contributed by atoms with van der Waals surface area (Å²) in [6.07, 6.45) is 6.08. The number of urea groups is 1. The first kappa shape index (κ1) is 22.6. The number of ether oxygens (including phenoxy) is 1. The number of imide groups is 1. The number of fused-ring (bicyclic) bond motifs is 1. The summed E-state index contributed by atoms with van der Waals surface area (Å²) in [5.41, 5.74) is 0.827. The van der Waals surface area contributed by atoms with Crippen molar-refractivity contribution in [3.8, 4) is 5.75 Å². The number of hydrogen-bond donors (Lipinski definition) is 1. The highest BCUT2D eigenvalue weighted by molar-refractivity contribution is 6.05. The summed E-state index contributed by atoms with van der Waals surface area (Å²) in [7, 11) is 3.41. The number of benzene rings is 1. The van der Waals surface area contributed by atoms with Gasteiger partial charge in [-0.3, -0.25) is 14.5 Å². The van der Waals surface area contributed by atoms with E-state index in [1.807, 2.05) is 19.2 Å². The average Bonchev–Trinajstić information content (AvgIpc) is 3.07. The molecule has 1 N–H and O–H groups in total. The molecule has 4 amide bonds. The van der Waals surface area contributed by atoms with Crippen LogP contribution in [0.15, 0.2) is 24.3 Å². The van der Waals surface area contributed by atoms with Crippen molar-refractivity contribution in [3.05, 3.63) is 29.8 Å². The summed E-state index contributed by atoms with van der Waals surface area (Å²) < 4.78 is 5.14. The molecule has 3 heterocycles. The van der Waals surface area contributed by atoms with Gasteiger partial charge in [0.15, 0.2) is 0 Å². The minimum Gasteiger partial charge on any atom is -0.497 e. The molecule has 3 unspecified atom stereocenters. The smallest absolute Gasteiger partial charge is 0.325 e. The molecule has 3 saturated heterocycles. The van der Waals surface area contributed by atoms with E-state index in [1.54, 1.807) is 24.1 Å². The van der Waals surface area contributed by atoms with Crippen LogP contribution in [-0.2, 0) is 16.1 Å². The van der Waals surface area contributed by atoms with E-state index in [1.165, 1.54) is 43.7 Å². The molecule has 0 spiro atoms. The molecule has 0 aromatic heterocycles. The van der Waals surface area contributed by atoms with Crippen LogP contribution in [0.4, 0.5) is 4.79 Å². The minimum absolute atomic E-state index is 0.00128. The van der Waals surface area contributed by atoms with Crippen molar-refractivity contribution in [2.45, 2.75) is 57.2 Å². The number of amides is 4. The second-order valence-corrected chi connectivity index (χ2v) is 9.25. The van der Waals surface area contributed by atoms with Crippen molar-refractivity contribution in [1.82, 2.24) is 20.0 Å². The van der Waals surface area contributed by atoms with Crippen molar-refractivity contribution in [1.29, 1.82) is 0 Å². The standard InChI is InChI=1S/C24H34N4O4/c1-26(16-18-6-5-13-27-12-4-3-7-21(18)27)22(29)14-20-23(30)28(24(31)25-20)15-17-8-10-19(32-2)11-9-17/h8-11,18,20-21H,3-7,12-16H2,1-2H3,(H,25,31). The van der Waals surface area contributed by atoms with E-state index < -0.39 is 12.1 Å². The van der Waals surface area contributed by atoms with E-state index >= 15 is 0 Å². The Morgan fingerprint density at radius 1 is 1.12 bits per heavy atom. The van der Waals surface area contributed by atoms with Crippen molar-refractivity contribution in [2.24, 2.45) is 5.92 Å². The average molecular weight is 443 g/mol. The number of methoxy groups -OCH3 is 1. The van der Waals surface area contributed by atoms with Gasteiger partial charge in [0, 0.05) is 19.6 Å². The molecular formula is C24H34N4O4. The summed E-state index contributed by atoms with van der Waals surface area (Å²) in [4.78, 5) is 43.6. The van der Waals surface area contributed by atoms with Crippen molar-refractivity contribution >= 4 is 17.8 Å². The number of nitrogens with zero attached hydrogens (tertiary/aromatic N) is 3. The quantitative estimate of drug-likeness (QED) is 0.655. The number of hydrogen-bond acceptors (Lipinski definition) is 5. The Morgan fingerprint density at radius 3 is 2.62 bits per heavy atom. The Hall–Kier alpha value is -2.61. The summed E-state index contributed by atoms with van der Waals surface area (Å²) in [5, 5.41) is 2.69. The van der Waals surface area contributed by atoms with Crippen LogP contribution in [0.1, 0.15) is 44.1 Å². The highest BCUT2D eigenvalue weighted by atomic mass is 16.5. The SMILES string of the molecule is COc1ccc(CN2C(=O)NC(CC(=O)N(C)CC3CCCN4CCCCC34)C2=O)cc1. The Kier molecular flexibility index (Phi) is 6.98. The van der Waals surface area contributed by atoms with Crippen LogP contribution < -0.4 is 10.1 Å². The molecule has 0 aliphatic carbocycles. The zero-order chi connectivity index (χ0) is 22.7. The lowest BCUT2D eigenvalue weighted by Gasteiger charge is -2.45. The van der Waals surface area contributed by atoms with Crippen LogP contribution in [0, 0.1) is 5.92 Å². The molecule has 8 nitrogen and oxygen atoms in total. The topological polar surface area (TPSA) is 82.2 Å². The van der Waals surface area contributed by atoms with Gasteiger partial charge in [-0.25, -0.2) is 4.79 Å².